The molecule has 1 aromatic heterocycles. The van der Waals surface area contributed by atoms with Gasteiger partial charge in [-0.1, -0.05) is 17.7 Å². The van der Waals surface area contributed by atoms with E-state index in [1.165, 1.54) is 12.1 Å². The summed E-state index contributed by atoms with van der Waals surface area (Å²) in [4.78, 5) is 25.7. The first-order valence-electron chi connectivity index (χ1n) is 10.1. The van der Waals surface area contributed by atoms with E-state index in [1.54, 1.807) is 17.0 Å². The fourth-order valence-corrected chi connectivity index (χ4v) is 4.92. The number of hydrogen-bond donors (Lipinski definition) is 1. The Kier molecular flexibility index (Phi) is 6.71. The second-order valence-corrected chi connectivity index (χ2v) is 9.62. The van der Waals surface area contributed by atoms with Crippen molar-refractivity contribution >= 4 is 33.5 Å². The third-order valence-electron chi connectivity index (χ3n) is 5.32. The lowest BCUT2D eigenvalue weighted by atomic mass is 10.1. The van der Waals surface area contributed by atoms with Gasteiger partial charge in [-0.25, -0.2) is 23.1 Å². The van der Waals surface area contributed by atoms with Gasteiger partial charge in [-0.15, -0.1) is 0 Å². The van der Waals surface area contributed by atoms with Crippen molar-refractivity contribution in [3.63, 3.8) is 0 Å². The van der Waals surface area contributed by atoms with Crippen molar-refractivity contribution in [1.82, 2.24) is 19.6 Å². The first-order chi connectivity index (χ1) is 14.9. The molecular formula is C20H24ClN5O4S. The fourth-order valence-electron chi connectivity index (χ4n) is 3.59. The van der Waals surface area contributed by atoms with Crippen molar-refractivity contribution in [3.8, 4) is 0 Å². The number of morpholine rings is 1. The quantitative estimate of drug-likeness (QED) is 0.683. The zero-order chi connectivity index (χ0) is 21.8. The number of rotatable bonds is 6. The summed E-state index contributed by atoms with van der Waals surface area (Å²) in [5, 5.41) is 0.337. The van der Waals surface area contributed by atoms with Gasteiger partial charge in [-0.3, -0.25) is 4.79 Å². The van der Waals surface area contributed by atoms with Crippen molar-refractivity contribution in [1.29, 1.82) is 0 Å². The molecule has 1 fully saturated rings. The van der Waals surface area contributed by atoms with Gasteiger partial charge in [0.1, 0.15) is 0 Å². The van der Waals surface area contributed by atoms with Crippen LogP contribution >= 0.6 is 11.6 Å². The molecule has 31 heavy (non-hydrogen) atoms. The third-order valence-corrected chi connectivity index (χ3v) is 7.01. The van der Waals surface area contributed by atoms with E-state index in [9.17, 15) is 13.2 Å². The number of sulfonamides is 1. The maximum absolute atomic E-state index is 12.7. The first-order valence-corrected chi connectivity index (χ1v) is 12.0. The number of amides is 1. The van der Waals surface area contributed by atoms with Crippen LogP contribution in [0.15, 0.2) is 35.4 Å². The molecule has 0 aliphatic carbocycles. The summed E-state index contributed by atoms with van der Waals surface area (Å²) in [6.07, 6.45) is 2.59. The van der Waals surface area contributed by atoms with E-state index in [2.05, 4.69) is 19.6 Å². The molecule has 166 valence electrons. The van der Waals surface area contributed by atoms with Crippen LogP contribution in [0.5, 0.6) is 0 Å². The zero-order valence-corrected chi connectivity index (χ0v) is 18.5. The minimum Gasteiger partial charge on any atom is -0.378 e. The molecule has 1 amide bonds. The minimum atomic E-state index is -3.72. The molecule has 3 heterocycles. The molecule has 0 saturated carbocycles. The van der Waals surface area contributed by atoms with Crippen LogP contribution in [0.4, 0.5) is 5.95 Å². The van der Waals surface area contributed by atoms with E-state index in [-0.39, 0.29) is 23.8 Å². The van der Waals surface area contributed by atoms with Gasteiger partial charge in [0.15, 0.2) is 0 Å². The second kappa shape index (κ2) is 9.47. The van der Waals surface area contributed by atoms with Crippen molar-refractivity contribution in [2.75, 3.05) is 44.3 Å². The molecule has 2 aliphatic heterocycles. The molecule has 4 rings (SSSR count). The van der Waals surface area contributed by atoms with Crippen LogP contribution in [0.1, 0.15) is 17.7 Å². The van der Waals surface area contributed by atoms with Crippen LogP contribution in [0.25, 0.3) is 0 Å². The number of nitrogens with one attached hydrogen (secondary N) is 1. The van der Waals surface area contributed by atoms with E-state index in [0.717, 1.165) is 24.3 Å². The number of carbonyl (C=O) groups excluding carboxylic acids is 1. The SMILES string of the molecule is O=C(CCNS(=O)(=O)c1cccc(Cl)c1)N1CCc2cnc(N3CCOCC3)nc2C1. The smallest absolute Gasteiger partial charge is 0.240 e. The average Bonchev–Trinajstić information content (AvgIpc) is 2.78. The Labute approximate surface area is 186 Å². The largest absolute Gasteiger partial charge is 0.378 e. The molecule has 9 nitrogen and oxygen atoms in total. The van der Waals surface area contributed by atoms with Crippen molar-refractivity contribution in [2.45, 2.75) is 24.3 Å². The molecule has 0 radical (unpaired) electrons. The van der Waals surface area contributed by atoms with Gasteiger partial charge in [0, 0.05) is 43.8 Å². The van der Waals surface area contributed by atoms with Gasteiger partial charge in [-0.05, 0) is 30.2 Å². The summed E-state index contributed by atoms with van der Waals surface area (Å²) < 4.78 is 32.6. The van der Waals surface area contributed by atoms with Crippen LogP contribution in [-0.4, -0.2) is 68.6 Å². The average molecular weight is 466 g/mol. The van der Waals surface area contributed by atoms with E-state index in [1.807, 2.05) is 6.20 Å². The highest BCUT2D eigenvalue weighted by Gasteiger charge is 2.24. The molecule has 0 atom stereocenters. The Morgan fingerprint density at radius 2 is 2.03 bits per heavy atom. The topological polar surface area (TPSA) is 105 Å². The Morgan fingerprint density at radius 3 is 2.81 bits per heavy atom. The zero-order valence-electron chi connectivity index (χ0n) is 17.0. The Morgan fingerprint density at radius 1 is 1.23 bits per heavy atom. The molecule has 1 saturated heterocycles. The Bertz CT molecular complexity index is 1060. The Hall–Kier alpha value is -2.27. The highest BCUT2D eigenvalue weighted by Crippen LogP contribution is 2.20. The van der Waals surface area contributed by atoms with Gasteiger partial charge < -0.3 is 14.5 Å². The maximum Gasteiger partial charge on any atom is 0.240 e. The second-order valence-electron chi connectivity index (χ2n) is 7.41. The third kappa shape index (κ3) is 5.32. The minimum absolute atomic E-state index is 0.0137. The number of hydrogen-bond acceptors (Lipinski definition) is 7. The summed E-state index contributed by atoms with van der Waals surface area (Å²) in [6.45, 7) is 3.76. The first kappa shape index (κ1) is 21.9. The fraction of sp³-hybridized carbons (Fsp3) is 0.450. The molecular weight excluding hydrogens is 442 g/mol. The lowest BCUT2D eigenvalue weighted by Crippen LogP contribution is -2.40. The van der Waals surface area contributed by atoms with Crippen molar-refractivity contribution < 1.29 is 17.9 Å². The van der Waals surface area contributed by atoms with Gasteiger partial charge >= 0.3 is 0 Å². The molecule has 0 unspecified atom stereocenters. The lowest BCUT2D eigenvalue weighted by Gasteiger charge is -2.30. The van der Waals surface area contributed by atoms with Crippen LogP contribution < -0.4 is 9.62 Å². The molecule has 0 bridgehead atoms. The highest BCUT2D eigenvalue weighted by atomic mass is 35.5. The van der Waals surface area contributed by atoms with Crippen LogP contribution in [-0.2, 0) is 32.5 Å². The number of halogens is 1. The molecule has 2 aromatic rings. The van der Waals surface area contributed by atoms with Crippen molar-refractivity contribution in [3.05, 3.63) is 46.7 Å². The summed E-state index contributed by atoms with van der Waals surface area (Å²) >= 11 is 5.87. The highest BCUT2D eigenvalue weighted by molar-refractivity contribution is 7.89. The predicted octanol–water partition coefficient (Wildman–Crippen LogP) is 1.22. The molecule has 1 N–H and O–H groups in total. The van der Waals surface area contributed by atoms with E-state index < -0.39 is 10.0 Å². The van der Waals surface area contributed by atoms with Gasteiger partial charge in [0.25, 0.3) is 0 Å². The summed E-state index contributed by atoms with van der Waals surface area (Å²) in [5.74, 6) is 0.539. The Balaban J connectivity index is 1.34. The summed E-state index contributed by atoms with van der Waals surface area (Å²) in [6, 6.07) is 6.01. The van der Waals surface area contributed by atoms with Crippen molar-refractivity contribution in [2.24, 2.45) is 0 Å². The molecule has 2 aliphatic rings. The monoisotopic (exact) mass is 465 g/mol. The molecule has 0 spiro atoms. The lowest BCUT2D eigenvalue weighted by molar-refractivity contribution is -0.132. The van der Waals surface area contributed by atoms with Crippen LogP contribution in [0.3, 0.4) is 0 Å². The van der Waals surface area contributed by atoms with Crippen LogP contribution in [0, 0.1) is 0 Å². The number of nitrogens with zero attached hydrogens (tertiary/aromatic N) is 4. The number of fused-ring (bicyclic) bond motifs is 1. The standard InChI is InChI=1S/C20H24ClN5O4S/c21-16-2-1-3-17(12-16)31(28,29)23-6-4-19(27)26-7-5-15-13-22-20(24-18(15)14-26)25-8-10-30-11-9-25/h1-3,12-13,23H,4-11,14H2. The number of anilines is 1. The number of benzene rings is 1. The summed E-state index contributed by atoms with van der Waals surface area (Å²) in [5.41, 5.74) is 1.89. The number of aromatic nitrogens is 2. The van der Waals surface area contributed by atoms with Gasteiger partial charge in [0.05, 0.1) is 30.3 Å². The van der Waals surface area contributed by atoms with Gasteiger partial charge in [-0.2, -0.15) is 0 Å². The van der Waals surface area contributed by atoms with E-state index in [4.69, 9.17) is 16.3 Å². The predicted molar refractivity (Wildman–Crippen MR) is 115 cm³/mol. The molecule has 11 heteroatoms. The normalized spacial score (nSPS) is 16.8. The number of carbonyl (C=O) groups is 1. The van der Waals surface area contributed by atoms with E-state index >= 15 is 0 Å². The summed E-state index contributed by atoms with van der Waals surface area (Å²) in [7, 11) is -3.72. The maximum atomic E-state index is 12.7. The number of ether oxygens (including phenoxy) is 1. The molecule has 1 aromatic carbocycles. The van der Waals surface area contributed by atoms with E-state index in [0.29, 0.717) is 43.7 Å². The van der Waals surface area contributed by atoms with Gasteiger partial charge in [0.2, 0.25) is 21.9 Å². The van der Waals surface area contributed by atoms with Crippen LogP contribution in [0.2, 0.25) is 5.02 Å².